The Morgan fingerprint density at radius 3 is 2.45 bits per heavy atom. The molecule has 0 spiro atoms. The highest BCUT2D eigenvalue weighted by Gasteiger charge is 2.13. The fourth-order valence-electron chi connectivity index (χ4n) is 3.12. The van der Waals surface area contributed by atoms with Gasteiger partial charge in [0.05, 0.1) is 11.4 Å². The maximum atomic E-state index is 13.2. The molecule has 31 heavy (non-hydrogen) atoms. The average Bonchev–Trinajstić information content (AvgIpc) is 3.05. The summed E-state index contributed by atoms with van der Waals surface area (Å²) in [5, 5.41) is 4.46. The molecule has 0 aliphatic rings. The number of aryl methyl sites for hydroxylation is 1. The molecule has 3 aromatic rings. The smallest absolute Gasteiger partial charge is 0.331 e. The van der Waals surface area contributed by atoms with Crippen LogP contribution in [0.2, 0.25) is 0 Å². The topological polar surface area (TPSA) is 64.4 Å². The Morgan fingerprint density at radius 1 is 1.10 bits per heavy atom. The molecule has 0 radical (unpaired) electrons. The second kappa shape index (κ2) is 9.84. The van der Waals surface area contributed by atoms with E-state index in [0.717, 1.165) is 22.5 Å². The lowest BCUT2D eigenvalue weighted by Gasteiger charge is -2.16. The van der Waals surface area contributed by atoms with E-state index in [4.69, 9.17) is 4.74 Å². The van der Waals surface area contributed by atoms with Crippen molar-refractivity contribution < 1.29 is 18.7 Å². The summed E-state index contributed by atoms with van der Waals surface area (Å²) in [4.78, 5) is 25.8. The number of hydrogen-bond donors (Lipinski definition) is 0. The lowest BCUT2D eigenvalue weighted by atomic mass is 10.2. The number of carbonyl (C=O) groups excluding carboxylic acids is 2. The summed E-state index contributed by atoms with van der Waals surface area (Å²) < 4.78 is 19.9. The Bertz CT molecular complexity index is 1090. The standard InChI is InChI=1S/C24H24FN3O3/c1-17-22(18(2)28(26-17)21-11-9-20(25)10-12-21)13-14-24(30)31-16-23(29)27(3)15-19-7-5-4-6-8-19/h4-14H,15-16H2,1-3H3/b14-13+. The van der Waals surface area contributed by atoms with Crippen LogP contribution in [0.3, 0.4) is 0 Å². The van der Waals surface area contributed by atoms with E-state index in [0.29, 0.717) is 12.2 Å². The van der Waals surface area contributed by atoms with Crippen LogP contribution in [0.15, 0.2) is 60.7 Å². The maximum absolute atomic E-state index is 13.2. The van der Waals surface area contributed by atoms with Gasteiger partial charge in [-0.25, -0.2) is 13.9 Å². The zero-order chi connectivity index (χ0) is 22.4. The summed E-state index contributed by atoms with van der Waals surface area (Å²) in [6.45, 7) is 3.78. The van der Waals surface area contributed by atoms with E-state index >= 15 is 0 Å². The zero-order valence-corrected chi connectivity index (χ0v) is 17.7. The minimum Gasteiger partial charge on any atom is -0.452 e. The van der Waals surface area contributed by atoms with Crippen LogP contribution in [0.1, 0.15) is 22.5 Å². The van der Waals surface area contributed by atoms with Crippen molar-refractivity contribution in [3.8, 4) is 5.69 Å². The van der Waals surface area contributed by atoms with Crippen molar-refractivity contribution in [3.05, 3.63) is 89.0 Å². The van der Waals surface area contributed by atoms with Crippen molar-refractivity contribution >= 4 is 18.0 Å². The molecule has 7 heteroatoms. The summed E-state index contributed by atoms with van der Waals surface area (Å²) in [6, 6.07) is 15.6. The van der Waals surface area contributed by atoms with Gasteiger partial charge in [0.15, 0.2) is 6.61 Å². The van der Waals surface area contributed by atoms with Gasteiger partial charge in [-0.05, 0) is 49.8 Å². The Labute approximate surface area is 180 Å². The van der Waals surface area contributed by atoms with Gasteiger partial charge in [-0.15, -0.1) is 0 Å². The minimum absolute atomic E-state index is 0.290. The predicted molar refractivity (Wildman–Crippen MR) is 116 cm³/mol. The maximum Gasteiger partial charge on any atom is 0.331 e. The fourth-order valence-corrected chi connectivity index (χ4v) is 3.12. The molecule has 1 heterocycles. The van der Waals surface area contributed by atoms with E-state index in [1.54, 1.807) is 29.9 Å². The third-order valence-electron chi connectivity index (χ3n) is 4.83. The van der Waals surface area contributed by atoms with E-state index in [1.165, 1.54) is 23.1 Å². The van der Waals surface area contributed by atoms with Gasteiger partial charge in [-0.3, -0.25) is 4.79 Å². The first-order valence-corrected chi connectivity index (χ1v) is 9.80. The van der Waals surface area contributed by atoms with Gasteiger partial charge in [0.2, 0.25) is 0 Å². The van der Waals surface area contributed by atoms with Crippen LogP contribution in [-0.4, -0.2) is 40.2 Å². The third-order valence-corrected chi connectivity index (χ3v) is 4.83. The van der Waals surface area contributed by atoms with E-state index < -0.39 is 5.97 Å². The normalized spacial score (nSPS) is 11.0. The molecule has 0 unspecified atom stereocenters. The summed E-state index contributed by atoms with van der Waals surface area (Å²) in [5.74, 6) is -1.23. The van der Waals surface area contributed by atoms with Crippen LogP contribution in [0.25, 0.3) is 11.8 Å². The molecule has 160 valence electrons. The Hall–Kier alpha value is -3.74. The fraction of sp³-hybridized carbons (Fsp3) is 0.208. The molecule has 0 N–H and O–H groups in total. The van der Waals surface area contributed by atoms with Gasteiger partial charge >= 0.3 is 5.97 Å². The van der Waals surface area contributed by atoms with Crippen LogP contribution in [-0.2, 0) is 20.9 Å². The number of likely N-dealkylation sites (N-methyl/N-ethyl adjacent to an activating group) is 1. The Balaban J connectivity index is 1.58. The van der Waals surface area contributed by atoms with Gasteiger partial charge < -0.3 is 9.64 Å². The summed E-state index contributed by atoms with van der Waals surface area (Å²) in [7, 11) is 1.66. The zero-order valence-electron chi connectivity index (χ0n) is 17.7. The molecule has 0 bridgehead atoms. The molecule has 1 amide bonds. The molecule has 0 aliphatic carbocycles. The summed E-state index contributed by atoms with van der Waals surface area (Å²) in [5.41, 5.74) is 3.98. The summed E-state index contributed by atoms with van der Waals surface area (Å²) in [6.07, 6.45) is 2.88. The molecular formula is C24H24FN3O3. The molecule has 2 aromatic carbocycles. The predicted octanol–water partition coefficient (Wildman–Crippen LogP) is 3.84. The van der Waals surface area contributed by atoms with Crippen LogP contribution >= 0.6 is 0 Å². The number of amides is 1. The number of nitrogens with zero attached hydrogens (tertiary/aromatic N) is 3. The number of halogens is 1. The highest BCUT2D eigenvalue weighted by atomic mass is 19.1. The van der Waals surface area contributed by atoms with Crippen LogP contribution in [0.5, 0.6) is 0 Å². The molecule has 0 aliphatic heterocycles. The monoisotopic (exact) mass is 421 g/mol. The number of esters is 1. The minimum atomic E-state index is -0.616. The van der Waals surface area contributed by atoms with Gasteiger partial charge in [0.25, 0.3) is 5.91 Å². The van der Waals surface area contributed by atoms with Gasteiger partial charge in [-0.1, -0.05) is 30.3 Å². The van der Waals surface area contributed by atoms with Crippen molar-refractivity contribution in [3.63, 3.8) is 0 Å². The van der Waals surface area contributed by atoms with Crippen LogP contribution in [0.4, 0.5) is 4.39 Å². The molecule has 0 fully saturated rings. The number of benzene rings is 2. The second-order valence-corrected chi connectivity index (χ2v) is 7.15. The lowest BCUT2D eigenvalue weighted by molar-refractivity contribution is -0.147. The highest BCUT2D eigenvalue weighted by Crippen LogP contribution is 2.19. The van der Waals surface area contributed by atoms with Crippen molar-refractivity contribution in [1.82, 2.24) is 14.7 Å². The average molecular weight is 421 g/mol. The first-order valence-electron chi connectivity index (χ1n) is 9.80. The van der Waals surface area contributed by atoms with E-state index in [9.17, 15) is 14.0 Å². The highest BCUT2D eigenvalue weighted by molar-refractivity contribution is 5.89. The van der Waals surface area contributed by atoms with Gasteiger partial charge in [0.1, 0.15) is 5.82 Å². The molecule has 0 atom stereocenters. The number of rotatable bonds is 7. The largest absolute Gasteiger partial charge is 0.452 e. The number of hydrogen-bond acceptors (Lipinski definition) is 4. The van der Waals surface area contributed by atoms with Crippen molar-refractivity contribution in [2.45, 2.75) is 20.4 Å². The molecule has 6 nitrogen and oxygen atoms in total. The number of ether oxygens (including phenoxy) is 1. The van der Waals surface area contributed by atoms with Crippen LogP contribution in [0, 0.1) is 19.7 Å². The number of aromatic nitrogens is 2. The van der Waals surface area contributed by atoms with Crippen LogP contribution < -0.4 is 0 Å². The lowest BCUT2D eigenvalue weighted by Crippen LogP contribution is -2.30. The second-order valence-electron chi connectivity index (χ2n) is 7.15. The quantitative estimate of drug-likeness (QED) is 0.430. The van der Waals surface area contributed by atoms with Crippen molar-refractivity contribution in [2.24, 2.45) is 0 Å². The molecular weight excluding hydrogens is 397 g/mol. The third kappa shape index (κ3) is 5.66. The van der Waals surface area contributed by atoms with Crippen molar-refractivity contribution in [1.29, 1.82) is 0 Å². The van der Waals surface area contributed by atoms with E-state index in [1.807, 2.05) is 44.2 Å². The van der Waals surface area contributed by atoms with E-state index in [-0.39, 0.29) is 18.3 Å². The van der Waals surface area contributed by atoms with E-state index in [2.05, 4.69) is 5.10 Å². The van der Waals surface area contributed by atoms with Crippen molar-refractivity contribution in [2.75, 3.05) is 13.7 Å². The van der Waals surface area contributed by atoms with Gasteiger partial charge in [-0.2, -0.15) is 5.10 Å². The molecule has 0 saturated carbocycles. The van der Waals surface area contributed by atoms with Gasteiger partial charge in [0, 0.05) is 30.9 Å². The first kappa shape index (κ1) is 22.0. The molecule has 1 aromatic heterocycles. The molecule has 3 rings (SSSR count). The molecule has 0 saturated heterocycles. The SMILES string of the molecule is Cc1nn(-c2ccc(F)cc2)c(C)c1/C=C/C(=O)OCC(=O)N(C)Cc1ccccc1. The first-order chi connectivity index (χ1) is 14.8. The Morgan fingerprint density at radius 2 is 1.77 bits per heavy atom. The number of carbonyl (C=O) groups is 2. The Kier molecular flexibility index (Phi) is 6.97. The summed E-state index contributed by atoms with van der Waals surface area (Å²) >= 11 is 0.